The summed E-state index contributed by atoms with van der Waals surface area (Å²) < 4.78 is 0. The Kier molecular flexibility index (Phi) is 6.66. The lowest BCUT2D eigenvalue weighted by molar-refractivity contribution is 0.786. The molecule has 0 saturated carbocycles. The van der Waals surface area contributed by atoms with Gasteiger partial charge in [0.05, 0.1) is 0 Å². The summed E-state index contributed by atoms with van der Waals surface area (Å²) in [6.45, 7) is 11.1. The highest BCUT2D eigenvalue weighted by Crippen LogP contribution is 2.14. The van der Waals surface area contributed by atoms with Gasteiger partial charge in [-0.25, -0.2) is 0 Å². The van der Waals surface area contributed by atoms with Crippen molar-refractivity contribution in [3.8, 4) is 0 Å². The summed E-state index contributed by atoms with van der Waals surface area (Å²) in [6.07, 6.45) is 8.42. The van der Waals surface area contributed by atoms with Gasteiger partial charge in [-0.2, -0.15) is 0 Å². The number of unbranched alkanes of at least 4 members (excludes halogenated alkanes) is 1. The molecule has 0 fully saturated rings. The highest BCUT2D eigenvalue weighted by Gasteiger charge is 1.95. The van der Waals surface area contributed by atoms with Crippen molar-refractivity contribution in [2.24, 2.45) is 5.92 Å². The topological polar surface area (TPSA) is 0 Å². The minimum atomic E-state index is 0.663. The van der Waals surface area contributed by atoms with Crippen LogP contribution < -0.4 is 0 Å². The Balaban J connectivity index is 4.21. The summed E-state index contributed by atoms with van der Waals surface area (Å²) in [5.41, 5.74) is 2.99. The third kappa shape index (κ3) is 6.62. The molecule has 0 heteroatoms. The van der Waals surface area contributed by atoms with Crippen LogP contribution in [0.2, 0.25) is 0 Å². The SMILES string of the molecule is CCCCC(/C=C\C(C)C)=C(C)C. The van der Waals surface area contributed by atoms with Crippen molar-refractivity contribution in [2.75, 3.05) is 0 Å². The molecule has 0 spiro atoms. The Hall–Kier alpha value is -0.520. The second-order valence-electron chi connectivity index (χ2n) is 4.23. The first-order valence-corrected chi connectivity index (χ1v) is 5.42. The van der Waals surface area contributed by atoms with Gasteiger partial charge in [0.1, 0.15) is 0 Å². The Morgan fingerprint density at radius 2 is 1.85 bits per heavy atom. The first-order valence-electron chi connectivity index (χ1n) is 5.42. The van der Waals surface area contributed by atoms with Crippen LogP contribution in [-0.2, 0) is 0 Å². The second kappa shape index (κ2) is 6.94. The molecular formula is C13H24. The molecule has 0 N–H and O–H groups in total. The zero-order valence-electron chi connectivity index (χ0n) is 9.85. The van der Waals surface area contributed by atoms with Crippen LogP contribution in [0.3, 0.4) is 0 Å². The molecule has 0 rings (SSSR count). The Morgan fingerprint density at radius 1 is 1.23 bits per heavy atom. The number of allylic oxidation sites excluding steroid dienone is 4. The molecule has 76 valence electrons. The van der Waals surface area contributed by atoms with Crippen molar-refractivity contribution < 1.29 is 0 Å². The molecule has 0 amide bonds. The molecule has 0 bridgehead atoms. The van der Waals surface area contributed by atoms with Crippen LogP contribution in [0.25, 0.3) is 0 Å². The smallest absolute Gasteiger partial charge is 0.0280 e. The van der Waals surface area contributed by atoms with Crippen LogP contribution >= 0.6 is 0 Å². The summed E-state index contributed by atoms with van der Waals surface area (Å²) in [5, 5.41) is 0. The van der Waals surface area contributed by atoms with E-state index in [1.165, 1.54) is 30.4 Å². The fourth-order valence-corrected chi connectivity index (χ4v) is 1.18. The fourth-order valence-electron chi connectivity index (χ4n) is 1.18. The molecule has 0 radical (unpaired) electrons. The van der Waals surface area contributed by atoms with Crippen LogP contribution in [0.15, 0.2) is 23.3 Å². The largest absolute Gasteiger partial charge is 0.0817 e. The standard InChI is InChI=1S/C13H24/c1-6-7-8-13(12(4)5)10-9-11(2)3/h9-11H,6-8H2,1-5H3/b10-9-. The summed E-state index contributed by atoms with van der Waals surface area (Å²) in [6, 6.07) is 0. The van der Waals surface area contributed by atoms with E-state index < -0.39 is 0 Å². The minimum Gasteiger partial charge on any atom is -0.0817 e. The van der Waals surface area contributed by atoms with E-state index in [1.54, 1.807) is 0 Å². The van der Waals surface area contributed by atoms with Gasteiger partial charge in [-0.3, -0.25) is 0 Å². The van der Waals surface area contributed by atoms with Gasteiger partial charge in [-0.1, -0.05) is 44.9 Å². The van der Waals surface area contributed by atoms with Gasteiger partial charge in [-0.15, -0.1) is 0 Å². The minimum absolute atomic E-state index is 0.663. The van der Waals surface area contributed by atoms with Crippen LogP contribution in [-0.4, -0.2) is 0 Å². The molecular weight excluding hydrogens is 156 g/mol. The predicted molar refractivity (Wildman–Crippen MR) is 61.9 cm³/mol. The van der Waals surface area contributed by atoms with Crippen LogP contribution in [0.4, 0.5) is 0 Å². The first-order chi connectivity index (χ1) is 6.07. The van der Waals surface area contributed by atoms with Gasteiger partial charge in [0, 0.05) is 0 Å². The molecule has 0 aliphatic rings. The average Bonchev–Trinajstić information content (AvgIpc) is 2.03. The van der Waals surface area contributed by atoms with Crippen LogP contribution in [0, 0.1) is 5.92 Å². The number of hydrogen-bond donors (Lipinski definition) is 0. The Morgan fingerprint density at radius 3 is 2.23 bits per heavy atom. The van der Waals surface area contributed by atoms with Gasteiger partial charge in [0.15, 0.2) is 0 Å². The molecule has 0 heterocycles. The molecule has 0 aliphatic heterocycles. The zero-order chi connectivity index (χ0) is 10.3. The van der Waals surface area contributed by atoms with E-state index in [-0.39, 0.29) is 0 Å². The van der Waals surface area contributed by atoms with E-state index in [2.05, 4.69) is 46.8 Å². The van der Waals surface area contributed by atoms with Crippen molar-refractivity contribution in [1.29, 1.82) is 0 Å². The van der Waals surface area contributed by atoms with Crippen LogP contribution in [0.5, 0.6) is 0 Å². The monoisotopic (exact) mass is 180 g/mol. The number of rotatable bonds is 5. The van der Waals surface area contributed by atoms with E-state index in [0.29, 0.717) is 5.92 Å². The molecule has 0 unspecified atom stereocenters. The summed E-state index contributed by atoms with van der Waals surface area (Å²) in [5.74, 6) is 0.663. The Labute approximate surface area is 83.7 Å². The molecule has 0 aliphatic carbocycles. The van der Waals surface area contributed by atoms with E-state index >= 15 is 0 Å². The van der Waals surface area contributed by atoms with E-state index in [0.717, 1.165) is 0 Å². The lowest BCUT2D eigenvalue weighted by atomic mass is 10.0. The average molecular weight is 180 g/mol. The Bertz CT molecular complexity index is 178. The maximum atomic E-state index is 2.30. The van der Waals surface area contributed by atoms with E-state index in [9.17, 15) is 0 Å². The first kappa shape index (κ1) is 12.5. The highest BCUT2D eigenvalue weighted by atomic mass is 14.0. The van der Waals surface area contributed by atoms with Crippen LogP contribution in [0.1, 0.15) is 53.9 Å². The molecule has 0 nitrogen and oxygen atoms in total. The van der Waals surface area contributed by atoms with Gasteiger partial charge in [0.25, 0.3) is 0 Å². The molecule has 0 aromatic carbocycles. The third-order valence-electron chi connectivity index (χ3n) is 2.12. The fraction of sp³-hybridized carbons (Fsp3) is 0.692. The van der Waals surface area contributed by atoms with Crippen molar-refractivity contribution in [2.45, 2.75) is 53.9 Å². The van der Waals surface area contributed by atoms with E-state index in [1.807, 2.05) is 0 Å². The van der Waals surface area contributed by atoms with Crippen molar-refractivity contribution in [3.05, 3.63) is 23.3 Å². The molecule has 0 atom stereocenters. The zero-order valence-corrected chi connectivity index (χ0v) is 9.85. The van der Waals surface area contributed by atoms with Gasteiger partial charge in [-0.05, 0) is 38.2 Å². The molecule has 0 aromatic heterocycles. The third-order valence-corrected chi connectivity index (χ3v) is 2.12. The molecule has 0 saturated heterocycles. The van der Waals surface area contributed by atoms with E-state index in [4.69, 9.17) is 0 Å². The summed E-state index contributed by atoms with van der Waals surface area (Å²) >= 11 is 0. The van der Waals surface area contributed by atoms with Crippen molar-refractivity contribution >= 4 is 0 Å². The molecule has 13 heavy (non-hydrogen) atoms. The van der Waals surface area contributed by atoms with Gasteiger partial charge >= 0.3 is 0 Å². The van der Waals surface area contributed by atoms with Crippen molar-refractivity contribution in [3.63, 3.8) is 0 Å². The quantitative estimate of drug-likeness (QED) is 0.537. The maximum absolute atomic E-state index is 2.30. The summed E-state index contributed by atoms with van der Waals surface area (Å²) in [4.78, 5) is 0. The summed E-state index contributed by atoms with van der Waals surface area (Å²) in [7, 11) is 0. The van der Waals surface area contributed by atoms with Crippen molar-refractivity contribution in [1.82, 2.24) is 0 Å². The lowest BCUT2D eigenvalue weighted by Gasteiger charge is -2.04. The normalized spacial score (nSPS) is 11.2. The number of hydrogen-bond acceptors (Lipinski definition) is 0. The van der Waals surface area contributed by atoms with Gasteiger partial charge in [0.2, 0.25) is 0 Å². The maximum Gasteiger partial charge on any atom is -0.0280 e. The van der Waals surface area contributed by atoms with Gasteiger partial charge < -0.3 is 0 Å². The second-order valence-corrected chi connectivity index (χ2v) is 4.23. The lowest BCUT2D eigenvalue weighted by Crippen LogP contribution is -1.85. The predicted octanol–water partition coefficient (Wildman–Crippen LogP) is 4.73. The molecule has 0 aromatic rings. The highest BCUT2D eigenvalue weighted by molar-refractivity contribution is 5.23.